The Bertz CT molecular complexity index is 350. The molecular weight excluding hydrogens is 212 g/mol. The highest BCUT2D eigenvalue weighted by molar-refractivity contribution is 5.32. The van der Waals surface area contributed by atoms with Crippen molar-refractivity contribution in [1.82, 2.24) is 4.90 Å². The van der Waals surface area contributed by atoms with E-state index < -0.39 is 0 Å². The molecule has 1 aliphatic rings. The van der Waals surface area contributed by atoms with Gasteiger partial charge in [-0.2, -0.15) is 0 Å². The molecule has 1 saturated carbocycles. The summed E-state index contributed by atoms with van der Waals surface area (Å²) in [4.78, 5) is 2.49. The topological polar surface area (TPSA) is 38.5 Å². The lowest BCUT2D eigenvalue weighted by Gasteiger charge is -2.20. The molecule has 2 rings (SSSR count). The van der Waals surface area contributed by atoms with Crippen molar-refractivity contribution in [2.24, 2.45) is 5.73 Å². The fourth-order valence-corrected chi connectivity index (χ4v) is 2.12. The van der Waals surface area contributed by atoms with Gasteiger partial charge in [0.05, 0.1) is 0 Å². The van der Waals surface area contributed by atoms with Gasteiger partial charge in [0.1, 0.15) is 12.4 Å². The van der Waals surface area contributed by atoms with Crippen molar-refractivity contribution in [3.8, 4) is 5.75 Å². The molecule has 0 aliphatic heterocycles. The molecule has 1 aliphatic carbocycles. The quantitative estimate of drug-likeness (QED) is 0.784. The minimum Gasteiger partial charge on any atom is -0.492 e. The van der Waals surface area contributed by atoms with Crippen LogP contribution in [0.3, 0.4) is 0 Å². The minimum atomic E-state index is 0.538. The van der Waals surface area contributed by atoms with Crippen LogP contribution in [-0.4, -0.2) is 30.6 Å². The molecule has 0 saturated heterocycles. The number of benzene rings is 1. The van der Waals surface area contributed by atoms with Crippen LogP contribution in [0.2, 0.25) is 0 Å². The molecule has 0 radical (unpaired) electrons. The number of nitrogens with zero attached hydrogens (tertiary/aromatic N) is 1. The van der Waals surface area contributed by atoms with Crippen LogP contribution in [0.15, 0.2) is 24.3 Å². The van der Waals surface area contributed by atoms with Crippen LogP contribution in [0.1, 0.15) is 25.3 Å². The molecule has 0 spiro atoms. The fraction of sp³-hybridized carbons (Fsp3) is 0.571. The van der Waals surface area contributed by atoms with Gasteiger partial charge in [0.25, 0.3) is 0 Å². The molecule has 0 unspecified atom stereocenters. The summed E-state index contributed by atoms with van der Waals surface area (Å²) < 4.78 is 5.82. The largest absolute Gasteiger partial charge is 0.492 e. The van der Waals surface area contributed by atoms with Crippen molar-refractivity contribution in [2.75, 3.05) is 19.7 Å². The Balaban J connectivity index is 1.80. The zero-order valence-corrected chi connectivity index (χ0v) is 10.6. The first-order valence-corrected chi connectivity index (χ1v) is 6.50. The Labute approximate surface area is 104 Å². The van der Waals surface area contributed by atoms with Gasteiger partial charge in [0, 0.05) is 24.7 Å². The molecule has 0 atom stereocenters. The molecule has 0 bridgehead atoms. The third-order valence-corrected chi connectivity index (χ3v) is 3.30. The van der Waals surface area contributed by atoms with E-state index in [1.165, 1.54) is 12.8 Å². The van der Waals surface area contributed by atoms with E-state index in [9.17, 15) is 0 Å². The van der Waals surface area contributed by atoms with E-state index >= 15 is 0 Å². The number of ether oxygens (including phenoxy) is 1. The summed E-state index contributed by atoms with van der Waals surface area (Å²) in [6, 6.07) is 8.82. The highest BCUT2D eigenvalue weighted by atomic mass is 16.5. The maximum absolute atomic E-state index is 5.82. The van der Waals surface area contributed by atoms with Crippen molar-refractivity contribution in [1.29, 1.82) is 0 Å². The van der Waals surface area contributed by atoms with Crippen molar-refractivity contribution < 1.29 is 4.74 Å². The third-order valence-electron chi connectivity index (χ3n) is 3.30. The van der Waals surface area contributed by atoms with E-state index in [1.54, 1.807) is 0 Å². The first-order valence-electron chi connectivity index (χ1n) is 6.50. The summed E-state index contributed by atoms with van der Waals surface area (Å²) in [7, 11) is 0. The van der Waals surface area contributed by atoms with Crippen LogP contribution in [0.5, 0.6) is 5.75 Å². The van der Waals surface area contributed by atoms with Crippen LogP contribution in [-0.2, 0) is 6.54 Å². The second-order valence-corrected chi connectivity index (χ2v) is 4.52. The number of hydrogen-bond donors (Lipinski definition) is 1. The Morgan fingerprint density at radius 1 is 1.35 bits per heavy atom. The summed E-state index contributed by atoms with van der Waals surface area (Å²) in [5.41, 5.74) is 6.76. The average Bonchev–Trinajstić information content (AvgIpc) is 3.19. The maximum Gasteiger partial charge on any atom is 0.123 e. The van der Waals surface area contributed by atoms with Gasteiger partial charge in [-0.05, 0) is 25.5 Å². The van der Waals surface area contributed by atoms with E-state index in [0.717, 1.165) is 37.1 Å². The highest BCUT2D eigenvalue weighted by Gasteiger charge is 2.27. The summed E-state index contributed by atoms with van der Waals surface area (Å²) in [5.74, 6) is 0.932. The molecule has 1 fully saturated rings. The molecule has 3 heteroatoms. The predicted octanol–water partition coefficient (Wildman–Crippen LogP) is 2.01. The van der Waals surface area contributed by atoms with Gasteiger partial charge < -0.3 is 10.5 Å². The highest BCUT2D eigenvalue weighted by Crippen LogP contribution is 2.26. The zero-order valence-electron chi connectivity index (χ0n) is 10.6. The molecule has 0 amide bonds. The Morgan fingerprint density at radius 3 is 2.76 bits per heavy atom. The van der Waals surface area contributed by atoms with Crippen molar-refractivity contribution in [3.05, 3.63) is 29.8 Å². The Hall–Kier alpha value is -1.06. The monoisotopic (exact) mass is 234 g/mol. The summed E-state index contributed by atoms with van der Waals surface area (Å²) >= 11 is 0. The van der Waals surface area contributed by atoms with Gasteiger partial charge in [0.2, 0.25) is 0 Å². The third kappa shape index (κ3) is 3.45. The summed E-state index contributed by atoms with van der Waals surface area (Å²) in [6.45, 7) is 5.64. The molecule has 3 nitrogen and oxygen atoms in total. The Kier molecular flexibility index (Phi) is 4.40. The standard InChI is InChI=1S/C14H22N2O/c1-2-16(13-7-8-13)9-10-17-14-6-4-3-5-12(14)11-15/h3-6,13H,2,7-11,15H2,1H3. The summed E-state index contributed by atoms with van der Waals surface area (Å²) in [6.07, 6.45) is 2.71. The van der Waals surface area contributed by atoms with Gasteiger partial charge in [-0.1, -0.05) is 25.1 Å². The zero-order chi connectivity index (χ0) is 12.1. The average molecular weight is 234 g/mol. The van der Waals surface area contributed by atoms with Gasteiger partial charge >= 0.3 is 0 Å². The van der Waals surface area contributed by atoms with Gasteiger partial charge in [-0.15, -0.1) is 0 Å². The fourth-order valence-electron chi connectivity index (χ4n) is 2.12. The second-order valence-electron chi connectivity index (χ2n) is 4.52. The lowest BCUT2D eigenvalue weighted by Crippen LogP contribution is -2.30. The Morgan fingerprint density at radius 2 is 2.12 bits per heavy atom. The smallest absolute Gasteiger partial charge is 0.123 e. The number of nitrogens with two attached hydrogens (primary N) is 1. The van der Waals surface area contributed by atoms with Crippen LogP contribution in [0.4, 0.5) is 0 Å². The van der Waals surface area contributed by atoms with Crippen LogP contribution in [0.25, 0.3) is 0 Å². The molecular formula is C14H22N2O. The molecule has 0 heterocycles. The maximum atomic E-state index is 5.82. The molecule has 1 aromatic rings. The van der Waals surface area contributed by atoms with Gasteiger partial charge in [-0.25, -0.2) is 0 Å². The number of para-hydroxylation sites is 1. The van der Waals surface area contributed by atoms with Crippen LogP contribution < -0.4 is 10.5 Å². The van der Waals surface area contributed by atoms with E-state index in [-0.39, 0.29) is 0 Å². The lowest BCUT2D eigenvalue weighted by atomic mass is 10.2. The molecule has 1 aromatic carbocycles. The van der Waals surface area contributed by atoms with Crippen LogP contribution >= 0.6 is 0 Å². The van der Waals surface area contributed by atoms with Crippen molar-refractivity contribution in [3.63, 3.8) is 0 Å². The second kappa shape index (κ2) is 6.03. The van der Waals surface area contributed by atoms with E-state index in [0.29, 0.717) is 6.54 Å². The first-order chi connectivity index (χ1) is 8.35. The molecule has 17 heavy (non-hydrogen) atoms. The molecule has 2 N–H and O–H groups in total. The lowest BCUT2D eigenvalue weighted by molar-refractivity contribution is 0.208. The van der Waals surface area contributed by atoms with Gasteiger partial charge in [-0.3, -0.25) is 4.90 Å². The normalized spacial score (nSPS) is 15.2. The molecule has 0 aromatic heterocycles. The molecule has 94 valence electrons. The van der Waals surface area contributed by atoms with E-state index in [1.807, 2.05) is 24.3 Å². The van der Waals surface area contributed by atoms with Crippen molar-refractivity contribution in [2.45, 2.75) is 32.4 Å². The van der Waals surface area contributed by atoms with Gasteiger partial charge in [0.15, 0.2) is 0 Å². The number of hydrogen-bond acceptors (Lipinski definition) is 3. The number of likely N-dealkylation sites (N-methyl/N-ethyl adjacent to an activating group) is 1. The van der Waals surface area contributed by atoms with Crippen LogP contribution in [0, 0.1) is 0 Å². The summed E-state index contributed by atoms with van der Waals surface area (Å²) in [5, 5.41) is 0. The predicted molar refractivity (Wildman–Crippen MR) is 70.1 cm³/mol. The SMILES string of the molecule is CCN(CCOc1ccccc1CN)C1CC1. The first kappa shape index (κ1) is 12.4. The van der Waals surface area contributed by atoms with Crippen molar-refractivity contribution >= 4 is 0 Å². The van der Waals surface area contributed by atoms with E-state index in [2.05, 4.69) is 11.8 Å². The minimum absolute atomic E-state index is 0.538. The number of rotatable bonds is 7. The van der Waals surface area contributed by atoms with E-state index in [4.69, 9.17) is 10.5 Å².